The van der Waals surface area contributed by atoms with Crippen molar-refractivity contribution in [3.05, 3.63) is 0 Å². The van der Waals surface area contributed by atoms with E-state index in [2.05, 4.69) is 17.3 Å². The van der Waals surface area contributed by atoms with Crippen molar-refractivity contribution in [3.8, 4) is 0 Å². The fourth-order valence-corrected chi connectivity index (χ4v) is 2.73. The fourth-order valence-electron chi connectivity index (χ4n) is 2.73. The van der Waals surface area contributed by atoms with E-state index < -0.39 is 5.60 Å². The Morgan fingerprint density at radius 1 is 1.24 bits per heavy atom. The summed E-state index contributed by atoms with van der Waals surface area (Å²) in [4.78, 5) is 16.5. The zero-order valence-corrected chi connectivity index (χ0v) is 14.0. The van der Waals surface area contributed by atoms with Crippen molar-refractivity contribution in [3.63, 3.8) is 0 Å². The number of amides is 1. The molecule has 2 aliphatic rings. The smallest absolute Gasteiger partial charge is 0.410 e. The highest BCUT2D eigenvalue weighted by atomic mass is 16.6. The molecule has 2 fully saturated rings. The van der Waals surface area contributed by atoms with Gasteiger partial charge in [-0.05, 0) is 66.6 Å². The molecule has 1 aliphatic carbocycles. The third kappa shape index (κ3) is 5.83. The molecule has 1 amide bonds. The van der Waals surface area contributed by atoms with Crippen molar-refractivity contribution < 1.29 is 9.53 Å². The molecular formula is C16H31N3O2. The van der Waals surface area contributed by atoms with Crippen LogP contribution in [0.3, 0.4) is 0 Å². The Labute approximate surface area is 129 Å². The molecule has 1 saturated heterocycles. The Morgan fingerprint density at radius 2 is 1.86 bits per heavy atom. The van der Waals surface area contributed by atoms with E-state index in [1.54, 1.807) is 0 Å². The molecular weight excluding hydrogens is 266 g/mol. The van der Waals surface area contributed by atoms with Crippen molar-refractivity contribution in [2.75, 3.05) is 33.2 Å². The van der Waals surface area contributed by atoms with Gasteiger partial charge in [0.15, 0.2) is 0 Å². The van der Waals surface area contributed by atoms with Crippen molar-refractivity contribution >= 4 is 6.09 Å². The molecule has 0 aromatic heterocycles. The molecule has 1 aliphatic heterocycles. The summed E-state index contributed by atoms with van der Waals surface area (Å²) in [5.41, 5.74) is -0.411. The Morgan fingerprint density at radius 3 is 2.38 bits per heavy atom. The molecule has 5 nitrogen and oxygen atoms in total. The highest BCUT2D eigenvalue weighted by molar-refractivity contribution is 5.69. The Balaban J connectivity index is 1.72. The maximum absolute atomic E-state index is 12.2. The van der Waals surface area contributed by atoms with Crippen LogP contribution in [0.25, 0.3) is 0 Å². The number of hydrogen-bond donors (Lipinski definition) is 1. The second kappa shape index (κ2) is 6.97. The molecule has 0 unspecified atom stereocenters. The van der Waals surface area contributed by atoms with E-state index in [-0.39, 0.29) is 6.09 Å². The SMILES string of the molecule is CN1CCC(NCCN(C(=O)OC(C)(C)C)C2CC2)CC1. The van der Waals surface area contributed by atoms with Crippen LogP contribution in [0.2, 0.25) is 0 Å². The number of ether oxygens (including phenoxy) is 1. The zero-order valence-electron chi connectivity index (χ0n) is 14.0. The largest absolute Gasteiger partial charge is 0.444 e. The molecule has 21 heavy (non-hydrogen) atoms. The van der Waals surface area contributed by atoms with Crippen LogP contribution in [0.15, 0.2) is 0 Å². The first-order valence-corrected chi connectivity index (χ1v) is 8.27. The molecule has 0 atom stereocenters. The van der Waals surface area contributed by atoms with Crippen LogP contribution >= 0.6 is 0 Å². The monoisotopic (exact) mass is 297 g/mol. The van der Waals surface area contributed by atoms with Gasteiger partial charge < -0.3 is 19.9 Å². The van der Waals surface area contributed by atoms with Crippen LogP contribution in [0.4, 0.5) is 4.79 Å². The van der Waals surface area contributed by atoms with Crippen LogP contribution < -0.4 is 5.32 Å². The zero-order chi connectivity index (χ0) is 15.5. The fraction of sp³-hybridized carbons (Fsp3) is 0.938. The van der Waals surface area contributed by atoms with Gasteiger partial charge in [0, 0.05) is 25.2 Å². The number of piperidine rings is 1. The van der Waals surface area contributed by atoms with Crippen LogP contribution in [0.5, 0.6) is 0 Å². The van der Waals surface area contributed by atoms with Gasteiger partial charge in [0.05, 0.1) is 0 Å². The lowest BCUT2D eigenvalue weighted by Crippen LogP contribution is -2.46. The number of carbonyl (C=O) groups excluding carboxylic acids is 1. The molecule has 0 radical (unpaired) electrons. The van der Waals surface area contributed by atoms with E-state index in [1.807, 2.05) is 25.7 Å². The molecule has 0 aromatic carbocycles. The number of likely N-dealkylation sites (tertiary alicyclic amines) is 1. The van der Waals surface area contributed by atoms with Crippen molar-refractivity contribution in [1.29, 1.82) is 0 Å². The summed E-state index contributed by atoms with van der Waals surface area (Å²) in [6, 6.07) is 1.00. The number of hydrogen-bond acceptors (Lipinski definition) is 4. The average Bonchev–Trinajstić information content (AvgIpc) is 3.19. The average molecular weight is 297 g/mol. The van der Waals surface area contributed by atoms with E-state index in [0.717, 1.165) is 39.0 Å². The lowest BCUT2D eigenvalue weighted by atomic mass is 10.1. The van der Waals surface area contributed by atoms with Gasteiger partial charge in [-0.2, -0.15) is 0 Å². The Bertz CT molecular complexity index is 342. The van der Waals surface area contributed by atoms with Gasteiger partial charge in [0.1, 0.15) is 5.60 Å². The van der Waals surface area contributed by atoms with E-state index in [4.69, 9.17) is 4.74 Å². The lowest BCUT2D eigenvalue weighted by Gasteiger charge is -2.31. The molecule has 1 N–H and O–H groups in total. The summed E-state index contributed by atoms with van der Waals surface area (Å²) < 4.78 is 5.51. The maximum atomic E-state index is 12.2. The van der Waals surface area contributed by atoms with Gasteiger partial charge in [-0.1, -0.05) is 0 Å². The highest BCUT2D eigenvalue weighted by Crippen LogP contribution is 2.28. The van der Waals surface area contributed by atoms with Crippen LogP contribution in [0, 0.1) is 0 Å². The third-order valence-electron chi connectivity index (χ3n) is 4.12. The normalized spacial score (nSPS) is 21.3. The van der Waals surface area contributed by atoms with Gasteiger partial charge in [0.2, 0.25) is 0 Å². The quantitative estimate of drug-likeness (QED) is 0.844. The van der Waals surface area contributed by atoms with Crippen molar-refractivity contribution in [2.24, 2.45) is 0 Å². The van der Waals surface area contributed by atoms with E-state index in [0.29, 0.717) is 12.1 Å². The van der Waals surface area contributed by atoms with Gasteiger partial charge in [-0.25, -0.2) is 4.79 Å². The minimum Gasteiger partial charge on any atom is -0.444 e. The van der Waals surface area contributed by atoms with Gasteiger partial charge in [0.25, 0.3) is 0 Å². The molecule has 1 heterocycles. The van der Waals surface area contributed by atoms with E-state index in [1.165, 1.54) is 12.8 Å². The second-order valence-electron chi connectivity index (χ2n) is 7.44. The van der Waals surface area contributed by atoms with Gasteiger partial charge in [-0.15, -0.1) is 0 Å². The van der Waals surface area contributed by atoms with Gasteiger partial charge >= 0.3 is 6.09 Å². The molecule has 122 valence electrons. The van der Waals surface area contributed by atoms with Gasteiger partial charge in [-0.3, -0.25) is 0 Å². The number of rotatable bonds is 5. The van der Waals surface area contributed by atoms with Crippen LogP contribution in [-0.4, -0.2) is 66.8 Å². The van der Waals surface area contributed by atoms with Crippen molar-refractivity contribution in [1.82, 2.24) is 15.1 Å². The molecule has 0 bridgehead atoms. The Kier molecular flexibility index (Phi) is 5.49. The second-order valence-corrected chi connectivity index (χ2v) is 7.44. The number of nitrogens with one attached hydrogen (secondary N) is 1. The molecule has 1 saturated carbocycles. The summed E-state index contributed by atoms with van der Waals surface area (Å²) in [5.74, 6) is 0. The lowest BCUT2D eigenvalue weighted by molar-refractivity contribution is 0.0233. The number of nitrogens with zero attached hydrogens (tertiary/aromatic N) is 2. The highest BCUT2D eigenvalue weighted by Gasteiger charge is 2.34. The summed E-state index contributed by atoms with van der Waals surface area (Å²) in [6.07, 6.45) is 4.48. The predicted molar refractivity (Wildman–Crippen MR) is 84.5 cm³/mol. The first-order valence-electron chi connectivity index (χ1n) is 8.27. The summed E-state index contributed by atoms with van der Waals surface area (Å²) >= 11 is 0. The topological polar surface area (TPSA) is 44.8 Å². The summed E-state index contributed by atoms with van der Waals surface area (Å²) in [5, 5.41) is 3.60. The maximum Gasteiger partial charge on any atom is 0.410 e. The molecule has 5 heteroatoms. The van der Waals surface area contributed by atoms with Crippen molar-refractivity contribution in [2.45, 2.75) is 64.1 Å². The van der Waals surface area contributed by atoms with E-state index >= 15 is 0 Å². The van der Waals surface area contributed by atoms with Crippen LogP contribution in [0.1, 0.15) is 46.5 Å². The summed E-state index contributed by atoms with van der Waals surface area (Å²) in [7, 11) is 2.17. The minimum absolute atomic E-state index is 0.157. The minimum atomic E-state index is -0.411. The molecule has 0 aromatic rings. The number of carbonyl (C=O) groups is 1. The van der Waals surface area contributed by atoms with E-state index in [9.17, 15) is 4.79 Å². The Hall–Kier alpha value is -0.810. The van der Waals surface area contributed by atoms with Crippen LogP contribution in [-0.2, 0) is 4.74 Å². The first-order chi connectivity index (χ1) is 9.85. The standard InChI is InChI=1S/C16H31N3O2/c1-16(2,3)21-15(20)19(14-5-6-14)12-9-17-13-7-10-18(4)11-8-13/h13-14,17H,5-12H2,1-4H3. The summed E-state index contributed by atoms with van der Waals surface area (Å²) in [6.45, 7) is 9.72. The predicted octanol–water partition coefficient (Wildman–Crippen LogP) is 2.07. The third-order valence-corrected chi connectivity index (χ3v) is 4.12. The first kappa shape index (κ1) is 16.6. The molecule has 2 rings (SSSR count). The molecule has 0 spiro atoms.